The molecule has 1 atom stereocenters. The van der Waals surface area contributed by atoms with Crippen LogP contribution in [0.5, 0.6) is 5.75 Å². The number of ether oxygens (including phenoxy) is 1. The summed E-state index contributed by atoms with van der Waals surface area (Å²) in [6, 6.07) is 12.2. The summed E-state index contributed by atoms with van der Waals surface area (Å²) in [7, 11) is 3.52. The maximum Gasteiger partial charge on any atom is 0.193 e. The Morgan fingerprint density at radius 1 is 1.03 bits per heavy atom. The van der Waals surface area contributed by atoms with E-state index in [0.29, 0.717) is 5.92 Å². The summed E-state index contributed by atoms with van der Waals surface area (Å²) >= 11 is 0. The van der Waals surface area contributed by atoms with Crippen LogP contribution < -0.4 is 19.9 Å². The molecular formula is C24H31F2N5O. The molecule has 0 aliphatic carbocycles. The topological polar surface area (TPSA) is 43.3 Å². The lowest BCUT2D eigenvalue weighted by Gasteiger charge is -2.38. The van der Waals surface area contributed by atoms with Gasteiger partial charge in [0.05, 0.1) is 12.8 Å². The molecule has 2 aromatic rings. The average molecular weight is 444 g/mol. The van der Waals surface area contributed by atoms with Gasteiger partial charge in [0, 0.05) is 64.6 Å². The Morgan fingerprint density at radius 3 is 2.53 bits per heavy atom. The number of benzene rings is 2. The molecule has 2 aromatic carbocycles. The summed E-state index contributed by atoms with van der Waals surface area (Å²) in [4.78, 5) is 11.2. The smallest absolute Gasteiger partial charge is 0.193 e. The molecular weight excluding hydrogens is 412 g/mol. The third-order valence-electron chi connectivity index (χ3n) is 6.32. The van der Waals surface area contributed by atoms with Crippen molar-refractivity contribution in [2.45, 2.75) is 6.42 Å². The quantitative estimate of drug-likeness (QED) is 0.568. The largest absolute Gasteiger partial charge is 0.495 e. The van der Waals surface area contributed by atoms with Crippen LogP contribution in [0.15, 0.2) is 47.5 Å². The van der Waals surface area contributed by atoms with Crippen molar-refractivity contribution in [1.82, 2.24) is 10.2 Å². The highest BCUT2D eigenvalue weighted by atomic mass is 19.2. The summed E-state index contributed by atoms with van der Waals surface area (Å²) in [5.74, 6) is 0.637. The predicted molar refractivity (Wildman–Crippen MR) is 125 cm³/mol. The molecule has 8 heteroatoms. The molecule has 6 nitrogen and oxygen atoms in total. The lowest BCUT2D eigenvalue weighted by molar-refractivity contribution is 0.364. The number of hydrogen-bond acceptors (Lipinski definition) is 4. The van der Waals surface area contributed by atoms with Gasteiger partial charge in [0.15, 0.2) is 17.6 Å². The zero-order valence-electron chi connectivity index (χ0n) is 18.7. The fourth-order valence-corrected chi connectivity index (χ4v) is 4.53. The first kappa shape index (κ1) is 22.2. The molecule has 2 aliphatic rings. The number of rotatable bonds is 5. The maximum absolute atomic E-state index is 13.6. The normalized spacial score (nSPS) is 19.4. The molecule has 2 saturated heterocycles. The van der Waals surface area contributed by atoms with Crippen LogP contribution in [0.3, 0.4) is 0 Å². The number of methoxy groups -OCH3 is 1. The summed E-state index contributed by atoms with van der Waals surface area (Å²) in [6.45, 7) is 6.01. The van der Waals surface area contributed by atoms with Crippen LogP contribution in [-0.4, -0.2) is 70.8 Å². The molecule has 172 valence electrons. The Labute approximate surface area is 188 Å². The first-order valence-corrected chi connectivity index (χ1v) is 11.1. The predicted octanol–water partition coefficient (Wildman–Crippen LogP) is 3.20. The van der Waals surface area contributed by atoms with Gasteiger partial charge in [-0.1, -0.05) is 12.1 Å². The van der Waals surface area contributed by atoms with Crippen LogP contribution in [0, 0.1) is 17.6 Å². The van der Waals surface area contributed by atoms with E-state index in [2.05, 4.69) is 31.1 Å². The first-order valence-electron chi connectivity index (χ1n) is 11.1. The van der Waals surface area contributed by atoms with Crippen molar-refractivity contribution in [3.8, 4) is 5.75 Å². The van der Waals surface area contributed by atoms with E-state index in [1.807, 2.05) is 25.2 Å². The van der Waals surface area contributed by atoms with Crippen molar-refractivity contribution in [2.75, 3.05) is 69.8 Å². The van der Waals surface area contributed by atoms with Crippen molar-refractivity contribution < 1.29 is 13.5 Å². The second-order valence-electron chi connectivity index (χ2n) is 8.27. The van der Waals surface area contributed by atoms with E-state index in [1.54, 1.807) is 13.2 Å². The molecule has 0 aromatic heterocycles. The third kappa shape index (κ3) is 4.89. The summed E-state index contributed by atoms with van der Waals surface area (Å²) < 4.78 is 32.3. The number of para-hydroxylation sites is 2. The third-order valence-corrected chi connectivity index (χ3v) is 6.32. The number of nitrogens with zero attached hydrogens (tertiary/aromatic N) is 4. The van der Waals surface area contributed by atoms with Crippen molar-refractivity contribution in [1.29, 1.82) is 0 Å². The molecule has 0 bridgehead atoms. The molecule has 0 amide bonds. The van der Waals surface area contributed by atoms with E-state index in [4.69, 9.17) is 4.74 Å². The van der Waals surface area contributed by atoms with Gasteiger partial charge in [-0.05, 0) is 36.6 Å². The first-order chi connectivity index (χ1) is 15.6. The molecule has 4 rings (SSSR count). The molecule has 1 unspecified atom stereocenters. The number of halogens is 2. The fourth-order valence-electron chi connectivity index (χ4n) is 4.53. The molecule has 0 spiro atoms. The van der Waals surface area contributed by atoms with Crippen LogP contribution in [0.2, 0.25) is 0 Å². The van der Waals surface area contributed by atoms with Crippen molar-refractivity contribution in [3.05, 3.63) is 54.1 Å². The Kier molecular flexibility index (Phi) is 6.97. The van der Waals surface area contributed by atoms with E-state index in [0.717, 1.165) is 75.3 Å². The van der Waals surface area contributed by atoms with Gasteiger partial charge in [0.1, 0.15) is 5.75 Å². The van der Waals surface area contributed by atoms with Crippen LogP contribution in [0.1, 0.15) is 6.42 Å². The zero-order valence-corrected chi connectivity index (χ0v) is 18.7. The van der Waals surface area contributed by atoms with Crippen molar-refractivity contribution in [3.63, 3.8) is 0 Å². The standard InChI is InChI=1S/C24H31F2N5O/c1-27-24(30-13-11-29(12-14-30)22-5-3-4-6-23(22)32-2)28-16-18-9-10-31(17-18)19-7-8-20(25)21(26)15-19/h3-8,15,18H,9-14,16-17H2,1-2H3,(H,27,28). The van der Waals surface area contributed by atoms with Gasteiger partial charge in [-0.2, -0.15) is 0 Å². The fraction of sp³-hybridized carbons (Fsp3) is 0.458. The highest BCUT2D eigenvalue weighted by Gasteiger charge is 2.25. The van der Waals surface area contributed by atoms with Crippen LogP contribution in [0.25, 0.3) is 0 Å². The number of guanidine groups is 1. The zero-order chi connectivity index (χ0) is 22.5. The number of hydrogen-bond donors (Lipinski definition) is 1. The minimum Gasteiger partial charge on any atom is -0.495 e. The van der Waals surface area contributed by atoms with E-state index < -0.39 is 11.6 Å². The van der Waals surface area contributed by atoms with Crippen LogP contribution >= 0.6 is 0 Å². The monoisotopic (exact) mass is 443 g/mol. The van der Waals surface area contributed by atoms with Crippen molar-refractivity contribution >= 4 is 17.3 Å². The van der Waals surface area contributed by atoms with E-state index in [9.17, 15) is 8.78 Å². The Hall–Kier alpha value is -3.03. The van der Waals surface area contributed by atoms with Crippen LogP contribution in [0.4, 0.5) is 20.2 Å². The van der Waals surface area contributed by atoms with Gasteiger partial charge in [-0.15, -0.1) is 0 Å². The van der Waals surface area contributed by atoms with E-state index >= 15 is 0 Å². The van der Waals surface area contributed by atoms with Gasteiger partial charge >= 0.3 is 0 Å². The second kappa shape index (κ2) is 10.1. The van der Waals surface area contributed by atoms with Crippen molar-refractivity contribution in [2.24, 2.45) is 10.9 Å². The number of piperazine rings is 1. The lowest BCUT2D eigenvalue weighted by atomic mass is 10.1. The molecule has 0 saturated carbocycles. The second-order valence-corrected chi connectivity index (χ2v) is 8.27. The van der Waals surface area contributed by atoms with Gasteiger partial charge in [-0.25, -0.2) is 8.78 Å². The Morgan fingerprint density at radius 2 is 1.81 bits per heavy atom. The minimum atomic E-state index is -0.805. The summed E-state index contributed by atoms with van der Waals surface area (Å²) in [5, 5.41) is 3.52. The SMILES string of the molecule is CN=C(NCC1CCN(c2ccc(F)c(F)c2)C1)N1CCN(c2ccccc2OC)CC1. The molecule has 1 N–H and O–H groups in total. The number of aliphatic imine (C=N–C) groups is 1. The van der Waals surface area contributed by atoms with Gasteiger partial charge < -0.3 is 24.8 Å². The Bertz CT molecular complexity index is 946. The molecule has 2 heterocycles. The van der Waals surface area contributed by atoms with Gasteiger partial charge in [0.2, 0.25) is 0 Å². The lowest BCUT2D eigenvalue weighted by Crippen LogP contribution is -2.53. The van der Waals surface area contributed by atoms with Gasteiger partial charge in [-0.3, -0.25) is 4.99 Å². The number of anilines is 2. The minimum absolute atomic E-state index is 0.426. The van der Waals surface area contributed by atoms with Crippen LogP contribution in [-0.2, 0) is 0 Å². The highest BCUT2D eigenvalue weighted by molar-refractivity contribution is 5.80. The van der Waals surface area contributed by atoms with E-state index in [-0.39, 0.29) is 0 Å². The highest BCUT2D eigenvalue weighted by Crippen LogP contribution is 2.28. The summed E-state index contributed by atoms with van der Waals surface area (Å²) in [5.41, 5.74) is 1.86. The summed E-state index contributed by atoms with van der Waals surface area (Å²) in [6.07, 6.45) is 1.00. The molecule has 32 heavy (non-hydrogen) atoms. The molecule has 0 radical (unpaired) electrons. The van der Waals surface area contributed by atoms with E-state index in [1.165, 1.54) is 12.1 Å². The van der Waals surface area contributed by atoms with Gasteiger partial charge in [0.25, 0.3) is 0 Å². The average Bonchev–Trinajstić information content (AvgIpc) is 3.30. The Balaban J connectivity index is 1.27. The maximum atomic E-state index is 13.6. The number of nitrogens with one attached hydrogen (secondary N) is 1. The molecule has 2 aliphatic heterocycles. The molecule has 2 fully saturated rings.